The van der Waals surface area contributed by atoms with Crippen LogP contribution >= 0.6 is 0 Å². The fourth-order valence-electron chi connectivity index (χ4n) is 7.12. The van der Waals surface area contributed by atoms with E-state index in [0.29, 0.717) is 100 Å². The topological polar surface area (TPSA) is 186 Å². The number of rotatable bonds is 19. The second kappa shape index (κ2) is 17.4. The van der Waals surface area contributed by atoms with Gasteiger partial charge in [-0.05, 0) is 48.9 Å². The molecule has 3 aliphatic rings. The van der Waals surface area contributed by atoms with Crippen molar-refractivity contribution in [1.29, 1.82) is 0 Å². The summed E-state index contributed by atoms with van der Waals surface area (Å²) in [4.78, 5) is 44.3. The molecule has 1 aromatic carbocycles. The number of amides is 1. The summed E-state index contributed by atoms with van der Waals surface area (Å²) in [5.74, 6) is -1.22. The van der Waals surface area contributed by atoms with E-state index in [2.05, 4.69) is 5.32 Å². The zero-order valence-corrected chi connectivity index (χ0v) is 30.0. The van der Waals surface area contributed by atoms with Gasteiger partial charge in [-0.15, -0.1) is 0 Å². The van der Waals surface area contributed by atoms with E-state index in [4.69, 9.17) is 43.2 Å². The molecule has 3 N–H and O–H groups in total. The lowest BCUT2D eigenvalue weighted by atomic mass is 9.81. The maximum atomic E-state index is 15.2. The fourth-order valence-corrected chi connectivity index (χ4v) is 7.12. The zero-order valence-electron chi connectivity index (χ0n) is 30.0. The minimum atomic E-state index is -1.99. The van der Waals surface area contributed by atoms with Crippen molar-refractivity contribution >= 4 is 23.0 Å². The highest BCUT2D eigenvalue weighted by molar-refractivity contribution is 5.93. The number of esters is 1. The Kier molecular flexibility index (Phi) is 12.7. The van der Waals surface area contributed by atoms with Gasteiger partial charge in [0.25, 0.3) is 5.56 Å². The number of cyclic esters (lactones) is 1. The molecule has 0 fully saturated rings. The van der Waals surface area contributed by atoms with Crippen molar-refractivity contribution < 1.29 is 57.4 Å². The summed E-state index contributed by atoms with van der Waals surface area (Å²) in [5.41, 5.74) is 1.93. The molecule has 288 valence electrons. The van der Waals surface area contributed by atoms with Crippen LogP contribution in [0.1, 0.15) is 59.2 Å². The van der Waals surface area contributed by atoms with Crippen molar-refractivity contribution in [2.24, 2.45) is 0 Å². The molecule has 0 unspecified atom stereocenters. The normalized spacial score (nSPS) is 18.4. The zero-order chi connectivity index (χ0) is 37.5. The van der Waals surface area contributed by atoms with Crippen molar-refractivity contribution in [3.63, 3.8) is 0 Å². The molecule has 15 nitrogen and oxygen atoms in total. The van der Waals surface area contributed by atoms with Gasteiger partial charge in [-0.2, -0.15) is 0 Å². The molecule has 0 radical (unpaired) electrons. The van der Waals surface area contributed by atoms with Crippen molar-refractivity contribution in [2.75, 3.05) is 79.3 Å². The summed E-state index contributed by atoms with van der Waals surface area (Å²) in [5, 5.41) is 23.6. The third-order valence-electron chi connectivity index (χ3n) is 9.85. The first-order valence-corrected chi connectivity index (χ1v) is 17.9. The van der Waals surface area contributed by atoms with Crippen LogP contribution in [0.15, 0.2) is 16.9 Å². The number of aliphatic hydroxyl groups is 2. The molecule has 4 heterocycles. The number of ether oxygens (including phenoxy) is 7. The number of carbonyl (C=O) groups is 2. The summed E-state index contributed by atoms with van der Waals surface area (Å²) in [6.07, 6.45) is 0.306. The molecule has 0 spiro atoms. The van der Waals surface area contributed by atoms with Crippen LogP contribution in [0.5, 0.6) is 0 Å². The van der Waals surface area contributed by atoms with Crippen molar-refractivity contribution in [2.45, 2.75) is 57.9 Å². The largest absolute Gasteiger partial charge is 0.458 e. The summed E-state index contributed by atoms with van der Waals surface area (Å²) in [7, 11) is 0. The SMILES string of the molecule is CC[C@@]1(O)C(=O)OCc2c1cc1n(c2=O)Cc2c-1nc1cc(F)c(C)c3c1c2[C@@H](NC(=O)OCCOCCOCCOCCOCCOCCO)CC3. The van der Waals surface area contributed by atoms with E-state index in [9.17, 15) is 19.5 Å². The van der Waals surface area contributed by atoms with Crippen LogP contribution in [0.25, 0.3) is 22.3 Å². The average Bonchev–Trinajstić information content (AvgIpc) is 3.52. The summed E-state index contributed by atoms with van der Waals surface area (Å²) >= 11 is 0. The van der Waals surface area contributed by atoms with Gasteiger partial charge in [0.15, 0.2) is 5.60 Å². The van der Waals surface area contributed by atoms with Crippen molar-refractivity contribution in [1.82, 2.24) is 14.9 Å². The number of alkyl carbamates (subject to hydrolysis) is 1. The highest BCUT2D eigenvalue weighted by Crippen LogP contribution is 2.46. The lowest BCUT2D eigenvalue weighted by Gasteiger charge is -2.31. The van der Waals surface area contributed by atoms with Crippen LogP contribution in [-0.4, -0.2) is 111 Å². The van der Waals surface area contributed by atoms with E-state index >= 15 is 4.39 Å². The molecule has 2 atom stereocenters. The lowest BCUT2D eigenvalue weighted by molar-refractivity contribution is -0.172. The number of halogens is 1. The first kappa shape index (κ1) is 38.7. The van der Waals surface area contributed by atoms with Crippen molar-refractivity contribution in [3.8, 4) is 11.4 Å². The van der Waals surface area contributed by atoms with Crippen LogP contribution in [0.3, 0.4) is 0 Å². The molecule has 0 bridgehead atoms. The number of hydrogen-bond donors (Lipinski definition) is 3. The smallest absolute Gasteiger partial charge is 0.407 e. The summed E-state index contributed by atoms with van der Waals surface area (Å²) in [6, 6.07) is 2.45. The molecule has 2 aliphatic heterocycles. The van der Waals surface area contributed by atoms with Gasteiger partial charge >= 0.3 is 12.1 Å². The van der Waals surface area contributed by atoms with Gasteiger partial charge in [0.2, 0.25) is 0 Å². The Morgan fingerprint density at radius 1 is 0.962 bits per heavy atom. The van der Waals surface area contributed by atoms with Gasteiger partial charge in [-0.3, -0.25) is 4.79 Å². The summed E-state index contributed by atoms with van der Waals surface area (Å²) in [6.45, 7) is 6.84. The molecule has 6 rings (SSSR count). The first-order valence-electron chi connectivity index (χ1n) is 17.9. The van der Waals surface area contributed by atoms with E-state index in [0.717, 1.165) is 16.5 Å². The number of aryl methyl sites for hydroxylation is 1. The number of hydrogen-bond acceptors (Lipinski definition) is 13. The Balaban J connectivity index is 1.05. The second-order valence-corrected chi connectivity index (χ2v) is 13.0. The van der Waals surface area contributed by atoms with Gasteiger partial charge in [0, 0.05) is 22.6 Å². The van der Waals surface area contributed by atoms with E-state index in [1.807, 2.05) is 0 Å². The molecule has 0 saturated heterocycles. The van der Waals surface area contributed by atoms with Gasteiger partial charge < -0.3 is 53.3 Å². The van der Waals surface area contributed by atoms with Crippen LogP contribution in [0, 0.1) is 12.7 Å². The Morgan fingerprint density at radius 3 is 2.21 bits per heavy atom. The molecular formula is C37H46FN3O12. The third kappa shape index (κ3) is 8.09. The van der Waals surface area contributed by atoms with Crippen LogP contribution < -0.4 is 10.9 Å². The molecule has 0 saturated carbocycles. The number of aromatic nitrogens is 2. The predicted molar refractivity (Wildman–Crippen MR) is 186 cm³/mol. The molecule has 3 aromatic rings. The third-order valence-corrected chi connectivity index (χ3v) is 9.85. The maximum Gasteiger partial charge on any atom is 0.407 e. The van der Waals surface area contributed by atoms with Gasteiger partial charge in [-0.1, -0.05) is 6.92 Å². The number of benzene rings is 1. The van der Waals surface area contributed by atoms with Crippen LogP contribution in [-0.2, 0) is 63.1 Å². The monoisotopic (exact) mass is 743 g/mol. The van der Waals surface area contributed by atoms with E-state index < -0.39 is 35.1 Å². The number of fused-ring (bicyclic) bond motifs is 5. The number of nitrogens with one attached hydrogen (secondary N) is 1. The van der Waals surface area contributed by atoms with Gasteiger partial charge in [0.05, 0.1) is 108 Å². The van der Waals surface area contributed by atoms with Gasteiger partial charge in [0.1, 0.15) is 19.0 Å². The van der Waals surface area contributed by atoms with E-state index in [1.54, 1.807) is 19.9 Å². The summed E-state index contributed by atoms with van der Waals surface area (Å²) < 4.78 is 54.2. The first-order chi connectivity index (χ1) is 25.7. The fraction of sp³-hybridized carbons (Fsp3) is 0.568. The molecule has 1 aliphatic carbocycles. The van der Waals surface area contributed by atoms with Gasteiger partial charge in [-0.25, -0.2) is 19.0 Å². The molecule has 2 aromatic heterocycles. The quantitative estimate of drug-likeness (QED) is 0.0940. The maximum absolute atomic E-state index is 15.2. The molecule has 16 heteroatoms. The number of nitrogens with zero attached hydrogens (tertiary/aromatic N) is 2. The van der Waals surface area contributed by atoms with Crippen LogP contribution in [0.2, 0.25) is 0 Å². The highest BCUT2D eigenvalue weighted by Gasteiger charge is 2.46. The Morgan fingerprint density at radius 2 is 1.58 bits per heavy atom. The van der Waals surface area contributed by atoms with Crippen molar-refractivity contribution in [3.05, 3.63) is 61.7 Å². The second-order valence-electron chi connectivity index (χ2n) is 13.0. The molecular weight excluding hydrogens is 697 g/mol. The minimum absolute atomic E-state index is 0.00385. The molecule has 1 amide bonds. The lowest BCUT2D eigenvalue weighted by Crippen LogP contribution is -2.44. The number of pyridine rings is 2. The Hall–Kier alpha value is -4.03. The molecule has 53 heavy (non-hydrogen) atoms. The minimum Gasteiger partial charge on any atom is -0.458 e. The Labute approximate surface area is 305 Å². The van der Waals surface area contributed by atoms with Crippen LogP contribution in [0.4, 0.5) is 9.18 Å². The Bertz CT molecular complexity index is 1880. The van der Waals surface area contributed by atoms with E-state index in [1.165, 1.54) is 10.6 Å². The number of carbonyl (C=O) groups excluding carboxylic acids is 2. The highest BCUT2D eigenvalue weighted by atomic mass is 19.1. The average molecular weight is 744 g/mol. The standard InChI is InChI=1S/C37H46FN3O12/c1-3-37(46)26-18-30-33-24(20-41(30)34(43)25(26)21-53-35(37)44)32-28(5-4-23-22(2)27(38)19-29(39-33)31(23)32)40-36(45)52-17-16-51-15-14-50-13-12-49-11-10-48-9-8-47-7-6-42/h18-19,28,42,46H,3-17,20-21H2,1-2H3,(H,40,45)/t28-,37-/m0/s1. The predicted octanol–water partition coefficient (Wildman–Crippen LogP) is 2.32. The number of aliphatic hydroxyl groups excluding tert-OH is 1. The van der Waals surface area contributed by atoms with E-state index in [-0.39, 0.29) is 50.5 Å².